The quantitative estimate of drug-likeness (QED) is 0.695. The van der Waals surface area contributed by atoms with E-state index in [0.717, 1.165) is 5.52 Å². The van der Waals surface area contributed by atoms with Gasteiger partial charge in [0.2, 0.25) is 0 Å². The van der Waals surface area contributed by atoms with Crippen LogP contribution in [0.1, 0.15) is 16.2 Å². The van der Waals surface area contributed by atoms with E-state index >= 15 is 0 Å². The average Bonchev–Trinajstić information content (AvgIpc) is 3.05. The van der Waals surface area contributed by atoms with E-state index in [0.29, 0.717) is 17.9 Å². The highest BCUT2D eigenvalue weighted by Gasteiger charge is 2.07. The highest BCUT2D eigenvalue weighted by atomic mass is 16.1. The summed E-state index contributed by atoms with van der Waals surface area (Å²) in [4.78, 5) is 15.8. The fraction of sp³-hybridized carbons (Fsp3) is 0.0909. The maximum atomic E-state index is 11.9. The molecule has 0 aliphatic heterocycles. The number of pyridine rings is 1. The maximum Gasteiger partial charge on any atom is 0.251 e. The second kappa shape index (κ2) is 4.28. The summed E-state index contributed by atoms with van der Waals surface area (Å²) < 4.78 is 1.70. The molecule has 18 heavy (non-hydrogen) atoms. The van der Waals surface area contributed by atoms with Crippen LogP contribution in [0.15, 0.2) is 36.9 Å². The highest BCUT2D eigenvalue weighted by Crippen LogP contribution is 2.06. The van der Waals surface area contributed by atoms with Crippen LogP contribution in [0.3, 0.4) is 0 Å². The molecule has 0 aliphatic rings. The zero-order valence-corrected chi connectivity index (χ0v) is 9.37. The summed E-state index contributed by atoms with van der Waals surface area (Å²) in [6, 6.07) is 5.34. The van der Waals surface area contributed by atoms with Crippen molar-refractivity contribution in [3.63, 3.8) is 0 Å². The molecule has 90 valence electrons. The molecule has 0 spiro atoms. The van der Waals surface area contributed by atoms with Gasteiger partial charge in [0.25, 0.3) is 5.91 Å². The van der Waals surface area contributed by atoms with E-state index in [4.69, 9.17) is 0 Å². The Morgan fingerprint density at radius 1 is 1.44 bits per heavy atom. The lowest BCUT2D eigenvalue weighted by atomic mass is 10.2. The Bertz CT molecular complexity index is 672. The number of fused-ring (bicyclic) bond motifs is 1. The van der Waals surface area contributed by atoms with Gasteiger partial charge in [-0.2, -0.15) is 10.2 Å². The van der Waals surface area contributed by atoms with E-state index in [1.165, 1.54) is 6.33 Å². The maximum absolute atomic E-state index is 11.9. The second-order valence-electron chi connectivity index (χ2n) is 3.73. The van der Waals surface area contributed by atoms with Gasteiger partial charge in [0, 0.05) is 18.0 Å². The van der Waals surface area contributed by atoms with Gasteiger partial charge in [0.05, 0.1) is 12.1 Å². The predicted molar refractivity (Wildman–Crippen MR) is 62.7 cm³/mol. The molecular formula is C11H10N6O. The van der Waals surface area contributed by atoms with Gasteiger partial charge >= 0.3 is 0 Å². The van der Waals surface area contributed by atoms with Gasteiger partial charge in [-0.15, -0.1) is 0 Å². The lowest BCUT2D eigenvalue weighted by molar-refractivity contribution is 0.0950. The van der Waals surface area contributed by atoms with Crippen LogP contribution in [0.2, 0.25) is 0 Å². The molecule has 3 aromatic heterocycles. The van der Waals surface area contributed by atoms with Crippen LogP contribution in [-0.2, 0) is 6.54 Å². The third-order valence-electron chi connectivity index (χ3n) is 2.54. The standard InChI is InChI=1S/C11H10N6O/c18-11(12-6-10-13-7-14-16-10)8-2-4-17-9(5-8)1-3-15-17/h1-5,7H,6H2,(H,12,18)(H,13,14,16). The summed E-state index contributed by atoms with van der Waals surface area (Å²) >= 11 is 0. The number of H-pyrrole nitrogens is 1. The van der Waals surface area contributed by atoms with E-state index in [2.05, 4.69) is 25.6 Å². The molecule has 3 heterocycles. The number of carbonyl (C=O) groups is 1. The van der Waals surface area contributed by atoms with Gasteiger partial charge in [-0.25, -0.2) is 9.50 Å². The fourth-order valence-electron chi connectivity index (χ4n) is 1.64. The highest BCUT2D eigenvalue weighted by molar-refractivity contribution is 5.95. The summed E-state index contributed by atoms with van der Waals surface area (Å²) in [6.45, 7) is 0.323. The number of nitrogens with one attached hydrogen (secondary N) is 2. The van der Waals surface area contributed by atoms with Crippen LogP contribution in [0.5, 0.6) is 0 Å². The summed E-state index contributed by atoms with van der Waals surface area (Å²) in [5.41, 5.74) is 1.46. The van der Waals surface area contributed by atoms with E-state index < -0.39 is 0 Å². The molecule has 0 radical (unpaired) electrons. The summed E-state index contributed by atoms with van der Waals surface area (Å²) in [5.74, 6) is 0.462. The lowest BCUT2D eigenvalue weighted by Crippen LogP contribution is -2.23. The topological polar surface area (TPSA) is 88.0 Å². The van der Waals surface area contributed by atoms with Crippen molar-refractivity contribution in [1.29, 1.82) is 0 Å². The zero-order valence-electron chi connectivity index (χ0n) is 9.37. The van der Waals surface area contributed by atoms with Crippen molar-refractivity contribution < 1.29 is 4.79 Å². The summed E-state index contributed by atoms with van der Waals surface area (Å²) in [6.07, 6.45) is 4.84. The van der Waals surface area contributed by atoms with Gasteiger partial charge in [-0.1, -0.05) is 0 Å². The predicted octanol–water partition coefficient (Wildman–Crippen LogP) is 0.382. The molecule has 0 atom stereocenters. The molecule has 7 heteroatoms. The van der Waals surface area contributed by atoms with Gasteiger partial charge in [0.1, 0.15) is 12.2 Å². The largest absolute Gasteiger partial charge is 0.345 e. The third kappa shape index (κ3) is 1.93. The third-order valence-corrected chi connectivity index (χ3v) is 2.54. The number of aromatic amines is 1. The molecular weight excluding hydrogens is 232 g/mol. The Labute approximate surface area is 102 Å². The Balaban J connectivity index is 1.75. The zero-order chi connectivity index (χ0) is 12.4. The van der Waals surface area contributed by atoms with Gasteiger partial charge in [-0.05, 0) is 18.2 Å². The number of aromatic nitrogens is 5. The first-order valence-electron chi connectivity index (χ1n) is 5.39. The van der Waals surface area contributed by atoms with Crippen LogP contribution in [0, 0.1) is 0 Å². The van der Waals surface area contributed by atoms with Crippen LogP contribution in [-0.4, -0.2) is 30.7 Å². The Kier molecular flexibility index (Phi) is 2.49. The van der Waals surface area contributed by atoms with E-state index in [1.807, 2.05) is 6.07 Å². The Morgan fingerprint density at radius 2 is 2.39 bits per heavy atom. The number of amides is 1. The van der Waals surface area contributed by atoms with Gasteiger partial charge in [-0.3, -0.25) is 9.89 Å². The fourth-order valence-corrected chi connectivity index (χ4v) is 1.64. The second-order valence-corrected chi connectivity index (χ2v) is 3.73. The molecule has 0 unspecified atom stereocenters. The number of hydrogen-bond donors (Lipinski definition) is 2. The van der Waals surface area contributed by atoms with Crippen LogP contribution >= 0.6 is 0 Å². The summed E-state index contributed by atoms with van der Waals surface area (Å²) in [7, 11) is 0. The molecule has 0 aliphatic carbocycles. The van der Waals surface area contributed by atoms with Crippen molar-refractivity contribution in [2.24, 2.45) is 0 Å². The van der Waals surface area contributed by atoms with Gasteiger partial charge in [0.15, 0.2) is 0 Å². The summed E-state index contributed by atoms with van der Waals surface area (Å²) in [5, 5.41) is 13.2. The minimum absolute atomic E-state index is 0.157. The number of hydrogen-bond acceptors (Lipinski definition) is 4. The first-order chi connectivity index (χ1) is 8.83. The van der Waals surface area contributed by atoms with Crippen molar-refractivity contribution in [2.45, 2.75) is 6.54 Å². The normalized spacial score (nSPS) is 10.7. The average molecular weight is 242 g/mol. The van der Waals surface area contributed by atoms with Crippen molar-refractivity contribution in [3.8, 4) is 0 Å². The SMILES string of the molecule is O=C(NCc1ncn[nH]1)c1ccn2nccc2c1. The number of rotatable bonds is 3. The van der Waals surface area contributed by atoms with Crippen molar-refractivity contribution in [1.82, 2.24) is 30.1 Å². The molecule has 3 rings (SSSR count). The minimum Gasteiger partial charge on any atom is -0.345 e. The van der Waals surface area contributed by atoms with Crippen molar-refractivity contribution in [3.05, 3.63) is 48.3 Å². The number of carbonyl (C=O) groups excluding carboxylic acids is 1. The smallest absolute Gasteiger partial charge is 0.251 e. The molecule has 0 saturated carbocycles. The molecule has 0 bridgehead atoms. The van der Waals surface area contributed by atoms with Crippen LogP contribution in [0.4, 0.5) is 0 Å². The molecule has 0 aromatic carbocycles. The van der Waals surface area contributed by atoms with Crippen molar-refractivity contribution in [2.75, 3.05) is 0 Å². The van der Waals surface area contributed by atoms with Crippen LogP contribution < -0.4 is 5.32 Å². The van der Waals surface area contributed by atoms with Crippen molar-refractivity contribution >= 4 is 11.4 Å². The lowest BCUT2D eigenvalue weighted by Gasteiger charge is -2.03. The number of nitrogens with zero attached hydrogens (tertiary/aromatic N) is 4. The van der Waals surface area contributed by atoms with Gasteiger partial charge < -0.3 is 5.32 Å². The van der Waals surface area contributed by atoms with Crippen LogP contribution in [0.25, 0.3) is 5.52 Å². The molecule has 0 saturated heterocycles. The monoisotopic (exact) mass is 242 g/mol. The van der Waals surface area contributed by atoms with E-state index in [-0.39, 0.29) is 5.91 Å². The molecule has 7 nitrogen and oxygen atoms in total. The molecule has 0 fully saturated rings. The van der Waals surface area contributed by atoms with E-state index in [1.54, 1.807) is 29.0 Å². The Morgan fingerprint density at radius 3 is 3.22 bits per heavy atom. The molecule has 1 amide bonds. The first kappa shape index (κ1) is 10.5. The minimum atomic E-state index is -0.157. The molecule has 2 N–H and O–H groups in total. The van der Waals surface area contributed by atoms with E-state index in [9.17, 15) is 4.79 Å². The first-order valence-corrected chi connectivity index (χ1v) is 5.39. The molecule has 3 aromatic rings. The Hall–Kier alpha value is -2.70.